The van der Waals surface area contributed by atoms with E-state index in [4.69, 9.17) is 15.9 Å². The summed E-state index contributed by atoms with van der Waals surface area (Å²) in [6.07, 6.45) is 2.16. The van der Waals surface area contributed by atoms with Crippen LogP contribution in [0.2, 0.25) is 0 Å². The first kappa shape index (κ1) is 22.8. The van der Waals surface area contributed by atoms with Crippen molar-refractivity contribution in [1.82, 2.24) is 0 Å². The normalized spacial score (nSPS) is 10.8. The van der Waals surface area contributed by atoms with Crippen LogP contribution in [0.25, 0.3) is 0 Å². The SMILES string of the molecule is CCCCOc1ccc(N(Cc2ccc(C(C)(C)C)cc2)C(=N)N)cc1.Cl. The molecule has 0 heterocycles. The molecular formula is C22H32ClN3O. The van der Waals surface area contributed by atoms with Crippen molar-refractivity contribution in [3.8, 4) is 5.75 Å². The van der Waals surface area contributed by atoms with Gasteiger partial charge in [0, 0.05) is 5.69 Å². The first-order valence-corrected chi connectivity index (χ1v) is 9.25. The first-order valence-electron chi connectivity index (χ1n) is 9.25. The highest BCUT2D eigenvalue weighted by molar-refractivity contribution is 5.92. The number of nitrogens with two attached hydrogens (primary N) is 1. The van der Waals surface area contributed by atoms with Gasteiger partial charge in [0.05, 0.1) is 13.2 Å². The van der Waals surface area contributed by atoms with E-state index in [2.05, 4.69) is 52.0 Å². The molecule has 0 unspecified atom stereocenters. The van der Waals surface area contributed by atoms with Crippen LogP contribution in [-0.2, 0) is 12.0 Å². The Bertz CT molecular complexity index is 706. The van der Waals surface area contributed by atoms with Crippen molar-refractivity contribution >= 4 is 24.1 Å². The summed E-state index contributed by atoms with van der Waals surface area (Å²) in [4.78, 5) is 1.79. The van der Waals surface area contributed by atoms with Gasteiger partial charge in [0.15, 0.2) is 5.96 Å². The number of halogens is 1. The zero-order valence-corrected chi connectivity index (χ0v) is 17.6. The van der Waals surface area contributed by atoms with E-state index in [1.807, 2.05) is 24.3 Å². The lowest BCUT2D eigenvalue weighted by atomic mass is 9.87. The number of benzene rings is 2. The highest BCUT2D eigenvalue weighted by Crippen LogP contribution is 2.24. The highest BCUT2D eigenvalue weighted by Gasteiger charge is 2.14. The molecule has 148 valence electrons. The van der Waals surface area contributed by atoms with E-state index in [1.165, 1.54) is 5.56 Å². The van der Waals surface area contributed by atoms with Gasteiger partial charge in [-0.3, -0.25) is 5.41 Å². The van der Waals surface area contributed by atoms with Crippen LogP contribution in [0.5, 0.6) is 5.75 Å². The van der Waals surface area contributed by atoms with Crippen molar-refractivity contribution in [2.45, 2.75) is 52.5 Å². The summed E-state index contributed by atoms with van der Waals surface area (Å²) in [6, 6.07) is 16.3. The van der Waals surface area contributed by atoms with Gasteiger partial charge in [-0.2, -0.15) is 0 Å². The molecule has 2 rings (SSSR count). The minimum absolute atomic E-state index is 0. The Kier molecular flexibility index (Phi) is 8.64. The van der Waals surface area contributed by atoms with Crippen molar-refractivity contribution in [3.05, 3.63) is 59.7 Å². The van der Waals surface area contributed by atoms with Crippen LogP contribution in [0.1, 0.15) is 51.7 Å². The Labute approximate surface area is 169 Å². The van der Waals surface area contributed by atoms with E-state index in [-0.39, 0.29) is 23.8 Å². The number of anilines is 1. The lowest BCUT2D eigenvalue weighted by Crippen LogP contribution is -2.35. The highest BCUT2D eigenvalue weighted by atomic mass is 35.5. The van der Waals surface area contributed by atoms with Gasteiger partial charge >= 0.3 is 0 Å². The summed E-state index contributed by atoms with van der Waals surface area (Å²) in [5.74, 6) is 0.879. The minimum Gasteiger partial charge on any atom is -0.494 e. The molecule has 4 nitrogen and oxygen atoms in total. The average molecular weight is 390 g/mol. The third-order valence-corrected chi connectivity index (χ3v) is 4.37. The average Bonchev–Trinajstić information content (AvgIpc) is 2.60. The number of guanidine groups is 1. The molecule has 0 bridgehead atoms. The third-order valence-electron chi connectivity index (χ3n) is 4.37. The smallest absolute Gasteiger partial charge is 0.193 e. The van der Waals surface area contributed by atoms with Crippen molar-refractivity contribution in [2.24, 2.45) is 5.73 Å². The van der Waals surface area contributed by atoms with Gasteiger partial charge in [-0.05, 0) is 47.2 Å². The summed E-state index contributed by atoms with van der Waals surface area (Å²) in [7, 11) is 0. The predicted octanol–water partition coefficient (Wildman–Crippen LogP) is 5.48. The fraction of sp³-hybridized carbons (Fsp3) is 0.409. The molecule has 0 atom stereocenters. The molecule has 0 aromatic heterocycles. The van der Waals surface area contributed by atoms with Crippen LogP contribution in [0.15, 0.2) is 48.5 Å². The van der Waals surface area contributed by atoms with E-state index >= 15 is 0 Å². The first-order chi connectivity index (χ1) is 12.3. The second-order valence-corrected chi connectivity index (χ2v) is 7.61. The fourth-order valence-electron chi connectivity index (χ4n) is 2.66. The number of ether oxygens (including phenoxy) is 1. The molecule has 2 aromatic carbocycles. The Morgan fingerprint density at radius 1 is 1.04 bits per heavy atom. The maximum atomic E-state index is 7.94. The zero-order valence-electron chi connectivity index (χ0n) is 16.8. The molecule has 0 fully saturated rings. The second kappa shape index (κ2) is 10.2. The molecule has 5 heteroatoms. The number of hydrogen-bond acceptors (Lipinski definition) is 2. The number of nitrogens with zero attached hydrogens (tertiary/aromatic N) is 1. The lowest BCUT2D eigenvalue weighted by Gasteiger charge is -2.24. The van der Waals surface area contributed by atoms with Crippen LogP contribution < -0.4 is 15.4 Å². The van der Waals surface area contributed by atoms with E-state index in [0.717, 1.165) is 36.4 Å². The molecule has 0 aliphatic rings. The molecule has 0 radical (unpaired) electrons. The van der Waals surface area contributed by atoms with Gasteiger partial charge in [0.2, 0.25) is 0 Å². The molecule has 0 saturated carbocycles. The van der Waals surface area contributed by atoms with Gasteiger partial charge in [-0.1, -0.05) is 58.4 Å². The largest absolute Gasteiger partial charge is 0.494 e. The third kappa shape index (κ3) is 6.79. The Balaban J connectivity index is 0.00000364. The number of nitrogens with one attached hydrogen (secondary N) is 1. The molecule has 27 heavy (non-hydrogen) atoms. The van der Waals surface area contributed by atoms with Crippen LogP contribution >= 0.6 is 12.4 Å². The molecule has 0 amide bonds. The van der Waals surface area contributed by atoms with Crippen molar-refractivity contribution in [3.63, 3.8) is 0 Å². The topological polar surface area (TPSA) is 62.3 Å². The van der Waals surface area contributed by atoms with Crippen LogP contribution in [0, 0.1) is 5.41 Å². The van der Waals surface area contributed by atoms with Crippen LogP contribution in [0.4, 0.5) is 5.69 Å². The van der Waals surface area contributed by atoms with E-state index < -0.39 is 0 Å². The molecular weight excluding hydrogens is 358 g/mol. The quantitative estimate of drug-likeness (QED) is 0.374. The van der Waals surface area contributed by atoms with Gasteiger partial charge in [0.25, 0.3) is 0 Å². The summed E-state index contributed by atoms with van der Waals surface area (Å²) in [5.41, 5.74) is 9.27. The minimum atomic E-state index is 0. The summed E-state index contributed by atoms with van der Waals surface area (Å²) in [5, 5.41) is 7.94. The maximum Gasteiger partial charge on any atom is 0.193 e. The number of hydrogen-bond donors (Lipinski definition) is 2. The van der Waals surface area contributed by atoms with E-state index in [9.17, 15) is 0 Å². The summed E-state index contributed by atoms with van der Waals surface area (Å²) in [6.45, 7) is 10.0. The Morgan fingerprint density at radius 3 is 2.11 bits per heavy atom. The Morgan fingerprint density at radius 2 is 1.63 bits per heavy atom. The molecule has 0 aliphatic heterocycles. The van der Waals surface area contributed by atoms with Crippen molar-refractivity contribution in [1.29, 1.82) is 5.41 Å². The van der Waals surface area contributed by atoms with Gasteiger partial charge in [-0.25, -0.2) is 0 Å². The lowest BCUT2D eigenvalue weighted by molar-refractivity contribution is 0.309. The standard InChI is InChI=1S/C22H31N3O.ClH/c1-5-6-15-26-20-13-11-19(12-14-20)25(21(23)24)16-17-7-9-18(10-8-17)22(2,3)4;/h7-14H,5-6,15-16H2,1-4H3,(H3,23,24);1H. The maximum absolute atomic E-state index is 7.94. The fourth-order valence-corrected chi connectivity index (χ4v) is 2.66. The van der Waals surface area contributed by atoms with Crippen molar-refractivity contribution in [2.75, 3.05) is 11.5 Å². The van der Waals surface area contributed by atoms with Crippen molar-refractivity contribution < 1.29 is 4.74 Å². The molecule has 0 aliphatic carbocycles. The number of unbranched alkanes of at least 4 members (excludes halogenated alkanes) is 1. The number of rotatable bonds is 7. The Hall–Kier alpha value is -2.20. The molecule has 0 spiro atoms. The van der Waals surface area contributed by atoms with Gasteiger partial charge < -0.3 is 15.4 Å². The van der Waals surface area contributed by atoms with E-state index in [1.54, 1.807) is 4.90 Å². The summed E-state index contributed by atoms with van der Waals surface area (Å²) < 4.78 is 5.70. The molecule has 0 saturated heterocycles. The molecule has 2 aromatic rings. The van der Waals surface area contributed by atoms with Gasteiger partial charge in [-0.15, -0.1) is 12.4 Å². The zero-order chi connectivity index (χ0) is 19.2. The van der Waals surface area contributed by atoms with Gasteiger partial charge in [0.1, 0.15) is 5.75 Å². The second-order valence-electron chi connectivity index (χ2n) is 7.61. The van der Waals surface area contributed by atoms with Crippen LogP contribution in [-0.4, -0.2) is 12.6 Å². The monoisotopic (exact) mass is 389 g/mol. The van der Waals surface area contributed by atoms with Crippen LogP contribution in [0.3, 0.4) is 0 Å². The van der Waals surface area contributed by atoms with E-state index in [0.29, 0.717) is 6.54 Å². The predicted molar refractivity (Wildman–Crippen MR) is 117 cm³/mol. The summed E-state index contributed by atoms with van der Waals surface area (Å²) >= 11 is 0. The molecule has 3 N–H and O–H groups in total.